The molecule has 0 amide bonds. The number of hydrogen-bond donors (Lipinski definition) is 0. The minimum absolute atomic E-state index is 0. The normalized spacial score (nSPS) is 13.8. The van der Waals surface area contributed by atoms with Crippen LogP contribution in [0.4, 0.5) is 0 Å². The Balaban J connectivity index is 0.00000261. The maximum Gasteiger partial charge on any atom is -1.00 e. The zero-order chi connectivity index (χ0) is 18.5. The van der Waals surface area contributed by atoms with Crippen LogP contribution in [0.2, 0.25) is 6.04 Å². The van der Waals surface area contributed by atoms with E-state index in [9.17, 15) is 0 Å². The third kappa shape index (κ3) is 7.42. The van der Waals surface area contributed by atoms with Crippen molar-refractivity contribution in [1.82, 2.24) is 0 Å². The number of aryl methyl sites for hydroxylation is 2. The fourth-order valence-corrected chi connectivity index (χ4v) is 9.13. The van der Waals surface area contributed by atoms with Crippen molar-refractivity contribution in [3.63, 3.8) is 0 Å². The van der Waals surface area contributed by atoms with Gasteiger partial charge in [0.2, 0.25) is 0 Å². The molecule has 1 unspecified atom stereocenters. The third-order valence-corrected chi connectivity index (χ3v) is 9.97. The first-order valence-electron chi connectivity index (χ1n) is 9.89. The minimum Gasteiger partial charge on any atom is -1.00 e. The molecule has 0 radical (unpaired) electrons. The van der Waals surface area contributed by atoms with Crippen LogP contribution in [0.25, 0.3) is 5.57 Å². The summed E-state index contributed by atoms with van der Waals surface area (Å²) in [5, 5.41) is 3.36. The fraction of sp³-hybridized carbons (Fsp3) is 0.333. The van der Waals surface area contributed by atoms with E-state index >= 15 is 0 Å². The predicted octanol–water partition coefficient (Wildman–Crippen LogP) is -3.23. The third-order valence-electron chi connectivity index (χ3n) is 5.30. The van der Waals surface area contributed by atoms with Crippen molar-refractivity contribution in [3.8, 4) is 0 Å². The van der Waals surface area contributed by atoms with Gasteiger partial charge in [0, 0.05) is 0 Å². The maximum absolute atomic E-state index is 2.47. The summed E-state index contributed by atoms with van der Waals surface area (Å²) >= 11 is 2.37. The van der Waals surface area contributed by atoms with E-state index in [0.29, 0.717) is 0 Å². The second-order valence-electron chi connectivity index (χ2n) is 7.55. The van der Waals surface area contributed by atoms with E-state index < -0.39 is 8.80 Å². The van der Waals surface area contributed by atoms with E-state index in [-0.39, 0.29) is 37.2 Å². The number of allylic oxidation sites excluding steroid dienone is 4. The van der Waals surface area contributed by atoms with Gasteiger partial charge in [-0.15, -0.1) is 0 Å². The summed E-state index contributed by atoms with van der Waals surface area (Å²) in [6.45, 7) is 6.80. The molecule has 0 aromatic heterocycles. The van der Waals surface area contributed by atoms with Gasteiger partial charge >= 0.3 is 173 Å². The monoisotopic (exact) mass is 498 g/mol. The molecule has 1 aliphatic rings. The Morgan fingerprint density at radius 3 is 2.10 bits per heavy atom. The van der Waals surface area contributed by atoms with E-state index in [0.717, 1.165) is 6.42 Å². The molecule has 0 heterocycles. The molecule has 2 aromatic carbocycles. The largest absolute Gasteiger partial charge is 1.00 e. The van der Waals surface area contributed by atoms with Crippen molar-refractivity contribution in [1.29, 1.82) is 0 Å². The van der Waals surface area contributed by atoms with Crippen molar-refractivity contribution in [2.45, 2.75) is 52.5 Å². The summed E-state index contributed by atoms with van der Waals surface area (Å²) in [4.78, 5) is 0. The van der Waals surface area contributed by atoms with Crippen LogP contribution in [-0.4, -0.2) is 8.80 Å². The van der Waals surface area contributed by atoms with Gasteiger partial charge in [-0.05, 0) is 0 Å². The van der Waals surface area contributed by atoms with Crippen molar-refractivity contribution in [2.24, 2.45) is 0 Å². The minimum atomic E-state index is -1.21. The first-order chi connectivity index (χ1) is 12.6. The van der Waals surface area contributed by atoms with Gasteiger partial charge in [0.25, 0.3) is 0 Å². The van der Waals surface area contributed by atoms with Gasteiger partial charge in [0.15, 0.2) is 0 Å². The molecule has 1 aliphatic carbocycles. The van der Waals surface area contributed by atoms with Crippen LogP contribution in [-0.2, 0) is 20.4 Å². The van der Waals surface area contributed by atoms with E-state index in [1.54, 1.807) is 14.3 Å². The zero-order valence-electron chi connectivity index (χ0n) is 17.4. The van der Waals surface area contributed by atoms with Crippen LogP contribution in [0.3, 0.4) is 0 Å². The average Bonchev–Trinajstić information content (AvgIpc) is 3.00. The van der Waals surface area contributed by atoms with E-state index in [1.165, 1.54) is 47.6 Å². The summed E-state index contributed by atoms with van der Waals surface area (Å²) in [6.07, 6.45) is 7.61. The van der Waals surface area contributed by atoms with Gasteiger partial charge in [-0.3, -0.25) is 0 Å². The van der Waals surface area contributed by atoms with Gasteiger partial charge in [-0.2, -0.15) is 0 Å². The predicted molar refractivity (Wildman–Crippen MR) is 113 cm³/mol. The van der Waals surface area contributed by atoms with Gasteiger partial charge in [0.1, 0.15) is 0 Å². The number of benzene rings is 2. The van der Waals surface area contributed by atoms with Crippen molar-refractivity contribution in [3.05, 3.63) is 80.4 Å². The number of halogens is 3. The quantitative estimate of drug-likeness (QED) is 0.278. The standard InChI is InChI=1S/C24H29Si.3ClH.Ti/c1-4-5-9-15-25(22-17-19(2)16-20(3)18-22)24-14-10-13-23(24)21-11-7-6-8-12-21;;;;/h6-8,11-13,16-18,25H,4-5,9-10,15H2,1-3H3;3*1H;/q;;;;+3/p-3. The Hall–Kier alpha value is -0.279. The Labute approximate surface area is 208 Å². The summed E-state index contributed by atoms with van der Waals surface area (Å²) in [6, 6.07) is 19.7. The molecule has 0 N–H and O–H groups in total. The first-order valence-corrected chi connectivity index (χ1v) is 12.6. The van der Waals surface area contributed by atoms with Crippen LogP contribution < -0.4 is 42.4 Å². The van der Waals surface area contributed by atoms with Crippen LogP contribution in [0.5, 0.6) is 0 Å². The molecule has 0 saturated carbocycles. The topological polar surface area (TPSA) is 0 Å². The number of rotatable bonds is 7. The van der Waals surface area contributed by atoms with Gasteiger partial charge in [0.05, 0.1) is 0 Å². The average molecular weight is 500 g/mol. The smallest absolute Gasteiger partial charge is 1.00 e. The second kappa shape index (κ2) is 13.9. The molecule has 3 rings (SSSR count). The summed E-state index contributed by atoms with van der Waals surface area (Å²) < 4.78 is 1.61. The van der Waals surface area contributed by atoms with E-state index in [4.69, 9.17) is 0 Å². The summed E-state index contributed by atoms with van der Waals surface area (Å²) in [7, 11) is -1.21. The number of hydrogen-bond acceptors (Lipinski definition) is 0. The molecule has 0 spiro atoms. The van der Waals surface area contributed by atoms with Crippen LogP contribution in [0.1, 0.15) is 49.3 Å². The Morgan fingerprint density at radius 1 is 0.897 bits per heavy atom. The second-order valence-corrected chi connectivity index (χ2v) is 11.4. The zero-order valence-corrected chi connectivity index (χ0v) is 22.4. The Kier molecular flexibility index (Phi) is 13.8. The molecule has 0 saturated heterocycles. The molecule has 2 aromatic rings. The molecule has 0 aliphatic heterocycles. The van der Waals surface area contributed by atoms with E-state index in [1.807, 2.05) is 0 Å². The molecule has 0 bridgehead atoms. The molecule has 1 atom stereocenters. The summed E-state index contributed by atoms with van der Waals surface area (Å²) in [5.41, 5.74) is 5.75. The molecule has 154 valence electrons. The van der Waals surface area contributed by atoms with Crippen LogP contribution in [0.15, 0.2) is 63.7 Å². The fourth-order valence-electron chi connectivity index (χ4n) is 4.16. The molecule has 0 fully saturated rings. The van der Waals surface area contributed by atoms with Gasteiger partial charge in [-0.25, -0.2) is 0 Å². The van der Waals surface area contributed by atoms with Gasteiger partial charge in [-0.1, -0.05) is 0 Å². The Morgan fingerprint density at radius 2 is 1.52 bits per heavy atom. The SMILES string of the molecule is CCCCC[SiH](C1=[C]([Ti+3])CC=C1c1ccccc1)c1cc(C)cc(C)c1.[Cl-].[Cl-].[Cl-]. The molecular weight excluding hydrogens is 471 g/mol. The van der Waals surface area contributed by atoms with Crippen molar-refractivity contribution in [2.75, 3.05) is 0 Å². The maximum atomic E-state index is 2.47. The summed E-state index contributed by atoms with van der Waals surface area (Å²) in [5.74, 6) is 0. The molecule has 5 heteroatoms. The van der Waals surface area contributed by atoms with Gasteiger partial charge < -0.3 is 37.2 Å². The van der Waals surface area contributed by atoms with Crippen LogP contribution in [0, 0.1) is 13.8 Å². The number of unbranched alkanes of at least 4 members (excludes halogenated alkanes) is 2. The Bertz CT molecular complexity index is 811. The van der Waals surface area contributed by atoms with E-state index in [2.05, 4.69) is 95.8 Å². The molecular formula is C24H29Cl3SiTi. The van der Waals surface area contributed by atoms with Crippen LogP contribution >= 0.6 is 0 Å². The molecule has 0 nitrogen and oxygen atoms in total. The van der Waals surface area contributed by atoms with Crippen molar-refractivity contribution >= 4 is 19.6 Å². The molecule has 29 heavy (non-hydrogen) atoms. The first kappa shape index (κ1) is 28.7. The van der Waals surface area contributed by atoms with Crippen molar-refractivity contribution < 1.29 is 57.7 Å².